The third-order valence-electron chi connectivity index (χ3n) is 12.3. The number of hydrogen-bond donors (Lipinski definition) is 1. The van der Waals surface area contributed by atoms with Crippen LogP contribution in [0.2, 0.25) is 0 Å². The van der Waals surface area contributed by atoms with Crippen molar-refractivity contribution < 1.29 is 34.7 Å². The van der Waals surface area contributed by atoms with E-state index in [1.807, 2.05) is 47.7 Å². The van der Waals surface area contributed by atoms with E-state index in [-0.39, 0.29) is 58.7 Å². The first-order valence-electron chi connectivity index (χ1n) is 21.4. The van der Waals surface area contributed by atoms with Crippen molar-refractivity contribution >= 4 is 38.1 Å². The molecule has 0 saturated heterocycles. The average molecular weight is 961 g/mol. The van der Waals surface area contributed by atoms with E-state index in [1.165, 1.54) is 44.3 Å². The SMILES string of the molecule is CC(C)(C)Cc1ccc2c(CC(C)(C)C)c3c([c-]c2c1)-c1nccc2c1c(cc1ccc(CC(C)(C)C)cc12)O3.CCC(C)(CC)C(=O)/C=C(\O)C(C)(CC)CC.[Ir]. The van der Waals surface area contributed by atoms with Crippen LogP contribution in [0.5, 0.6) is 11.5 Å². The second kappa shape index (κ2) is 17.6. The molecule has 0 bridgehead atoms. The van der Waals surface area contributed by atoms with Crippen LogP contribution in [0.1, 0.15) is 146 Å². The molecule has 58 heavy (non-hydrogen) atoms. The number of allylic oxidation sites excluding steroid dienone is 2. The minimum atomic E-state index is -0.337. The minimum absolute atomic E-state index is 0. The summed E-state index contributed by atoms with van der Waals surface area (Å²) in [4.78, 5) is 17.2. The Morgan fingerprint density at radius 3 is 1.79 bits per heavy atom. The van der Waals surface area contributed by atoms with Crippen molar-refractivity contribution in [2.75, 3.05) is 0 Å². The van der Waals surface area contributed by atoms with Crippen molar-refractivity contribution in [3.63, 3.8) is 0 Å². The van der Waals surface area contributed by atoms with Crippen LogP contribution in [0.25, 0.3) is 43.6 Å². The molecule has 0 fully saturated rings. The molecule has 1 N–H and O–H groups in total. The zero-order valence-electron chi connectivity index (χ0n) is 38.3. The van der Waals surface area contributed by atoms with Crippen LogP contribution in [0.4, 0.5) is 0 Å². The number of carbonyl (C=O) groups is 1. The molecule has 5 aromatic rings. The Morgan fingerprint density at radius 2 is 1.24 bits per heavy atom. The number of aliphatic hydroxyl groups excluding tert-OH is 1. The van der Waals surface area contributed by atoms with E-state index in [0.717, 1.165) is 78.5 Å². The summed E-state index contributed by atoms with van der Waals surface area (Å²) in [5.41, 5.74) is 5.88. The molecule has 5 heteroatoms. The molecule has 0 amide bonds. The Hall–Kier alpha value is -3.53. The van der Waals surface area contributed by atoms with Gasteiger partial charge in [-0.3, -0.25) is 9.78 Å². The summed E-state index contributed by atoms with van der Waals surface area (Å²) in [6, 6.07) is 22.0. The molecule has 4 aromatic carbocycles. The first-order chi connectivity index (χ1) is 26.4. The summed E-state index contributed by atoms with van der Waals surface area (Å²) in [7, 11) is 0. The fourth-order valence-electron chi connectivity index (χ4n) is 8.03. The molecule has 315 valence electrons. The third kappa shape index (κ3) is 10.4. The Labute approximate surface area is 364 Å². The van der Waals surface area contributed by atoms with E-state index in [9.17, 15) is 9.90 Å². The Morgan fingerprint density at radius 1 is 0.690 bits per heavy atom. The fourth-order valence-corrected chi connectivity index (χ4v) is 8.03. The van der Waals surface area contributed by atoms with Gasteiger partial charge in [-0.25, -0.2) is 0 Å². The topological polar surface area (TPSA) is 59.4 Å². The van der Waals surface area contributed by atoms with Gasteiger partial charge in [-0.2, -0.15) is 0 Å². The first-order valence-corrected chi connectivity index (χ1v) is 21.4. The van der Waals surface area contributed by atoms with Gasteiger partial charge in [0.1, 0.15) is 11.5 Å². The molecule has 1 aromatic heterocycles. The van der Waals surface area contributed by atoms with Gasteiger partial charge in [0, 0.05) is 54.3 Å². The number of ketones is 1. The van der Waals surface area contributed by atoms with Crippen molar-refractivity contribution in [1.82, 2.24) is 4.98 Å². The van der Waals surface area contributed by atoms with Gasteiger partial charge < -0.3 is 9.84 Å². The number of nitrogens with zero attached hydrogens (tertiary/aromatic N) is 1. The molecule has 0 atom stereocenters. The molecule has 1 radical (unpaired) electrons. The summed E-state index contributed by atoms with van der Waals surface area (Å²) in [6.45, 7) is 32.8. The second-order valence-corrected chi connectivity index (χ2v) is 20.9. The normalized spacial score (nSPS) is 13.5. The van der Waals surface area contributed by atoms with Crippen LogP contribution in [-0.2, 0) is 44.2 Å². The molecule has 0 aliphatic carbocycles. The van der Waals surface area contributed by atoms with Crippen molar-refractivity contribution in [3.05, 3.63) is 89.3 Å². The molecule has 6 rings (SSSR count). The molecule has 1 aliphatic rings. The molecule has 0 saturated carbocycles. The quantitative estimate of drug-likeness (QED) is 0.0643. The molecular weight excluding hydrogens is 891 g/mol. The van der Waals surface area contributed by atoms with Crippen LogP contribution in [-0.4, -0.2) is 15.9 Å². The minimum Gasteiger partial charge on any atom is -0.512 e. The third-order valence-corrected chi connectivity index (χ3v) is 12.3. The van der Waals surface area contributed by atoms with Crippen LogP contribution in [0.15, 0.2) is 66.6 Å². The van der Waals surface area contributed by atoms with Crippen LogP contribution in [0.3, 0.4) is 0 Å². The van der Waals surface area contributed by atoms with Crippen LogP contribution in [0, 0.1) is 33.1 Å². The van der Waals surface area contributed by atoms with Crippen LogP contribution < -0.4 is 4.74 Å². The van der Waals surface area contributed by atoms with Gasteiger partial charge in [0.2, 0.25) is 0 Å². The van der Waals surface area contributed by atoms with Crippen molar-refractivity contribution in [2.24, 2.45) is 27.1 Å². The Bertz CT molecular complexity index is 2300. The number of hydrogen-bond acceptors (Lipinski definition) is 4. The van der Waals surface area contributed by atoms with E-state index in [1.54, 1.807) is 0 Å². The van der Waals surface area contributed by atoms with Gasteiger partial charge in [0.25, 0.3) is 0 Å². The predicted molar refractivity (Wildman–Crippen MR) is 244 cm³/mol. The molecule has 1 aliphatic heterocycles. The number of aromatic nitrogens is 1. The van der Waals surface area contributed by atoms with Gasteiger partial charge in [-0.1, -0.05) is 156 Å². The monoisotopic (exact) mass is 961 g/mol. The van der Waals surface area contributed by atoms with E-state index in [0.29, 0.717) is 0 Å². The summed E-state index contributed by atoms with van der Waals surface area (Å²) in [5, 5.41) is 17.3. The Balaban J connectivity index is 0.000000353. The number of benzene rings is 4. The number of rotatable bonds is 10. The molecular formula is C53H70IrNO3-. The second-order valence-electron chi connectivity index (χ2n) is 20.9. The molecule has 4 nitrogen and oxygen atoms in total. The average Bonchev–Trinajstić information content (AvgIpc) is 3.13. The molecule has 2 heterocycles. The zero-order valence-corrected chi connectivity index (χ0v) is 40.7. The standard InChI is InChI=1S/C38H42NO.C15H28O2.Ir/c1-36(2,3)20-23-11-13-27-26(16-23)18-30-34-33-28(14-15-39-34)29-17-24(21-37(4,5)6)10-12-25(29)19-32(33)40-35(30)31(27)22-38(7,8)9;1-7-14(5,8-2)12(16)11-13(17)15(6,9-3)10-4;/h10-17,19H,20-22H2,1-9H3;11,16H,7-10H2,1-6H3;/q-1;;/b;12-11-;. The molecule has 0 spiro atoms. The largest absolute Gasteiger partial charge is 0.512 e. The van der Waals surface area contributed by atoms with Crippen molar-refractivity contribution in [2.45, 2.75) is 149 Å². The maximum absolute atomic E-state index is 12.2. The number of pyridine rings is 1. The first kappa shape index (κ1) is 47.2. The van der Waals surface area contributed by atoms with Crippen molar-refractivity contribution in [3.8, 4) is 22.8 Å². The predicted octanol–water partition coefficient (Wildman–Crippen LogP) is 15.5. The zero-order chi connectivity index (χ0) is 42.3. The smallest absolute Gasteiger partial charge is 0.164 e. The Kier molecular flexibility index (Phi) is 14.3. The van der Waals surface area contributed by atoms with Crippen LogP contribution >= 0.6 is 0 Å². The summed E-state index contributed by atoms with van der Waals surface area (Å²) < 4.78 is 6.89. The fraction of sp³-hybridized carbons (Fsp3) is 0.509. The van der Waals surface area contributed by atoms with E-state index in [4.69, 9.17) is 9.72 Å². The van der Waals surface area contributed by atoms with E-state index < -0.39 is 0 Å². The van der Waals surface area contributed by atoms with Gasteiger partial charge in [-0.15, -0.1) is 17.5 Å². The summed E-state index contributed by atoms with van der Waals surface area (Å²) in [6.07, 6.45) is 9.69. The summed E-state index contributed by atoms with van der Waals surface area (Å²) in [5.74, 6) is 2.10. The maximum Gasteiger partial charge on any atom is 0.164 e. The number of aliphatic hydroxyl groups is 1. The van der Waals surface area contributed by atoms with E-state index >= 15 is 0 Å². The van der Waals surface area contributed by atoms with Crippen molar-refractivity contribution in [1.29, 1.82) is 0 Å². The van der Waals surface area contributed by atoms with Gasteiger partial charge in [-0.05, 0) is 95.0 Å². The van der Waals surface area contributed by atoms with E-state index in [2.05, 4.69) is 117 Å². The number of fused-ring (bicyclic) bond motifs is 5. The van der Waals surface area contributed by atoms with Gasteiger partial charge >= 0.3 is 0 Å². The maximum atomic E-state index is 12.2. The van der Waals surface area contributed by atoms with Gasteiger partial charge in [0.05, 0.1) is 5.75 Å². The number of carbonyl (C=O) groups excluding carboxylic acids is 1. The van der Waals surface area contributed by atoms with Gasteiger partial charge in [0.15, 0.2) is 5.78 Å². The number of ether oxygens (including phenoxy) is 1. The summed E-state index contributed by atoms with van der Waals surface area (Å²) >= 11 is 0. The molecule has 0 unspecified atom stereocenters.